The number of aryl methyl sites for hydroxylation is 3. The average Bonchev–Trinajstić information content (AvgIpc) is 3.03. The molecule has 1 aromatic carbocycles. The fourth-order valence-electron chi connectivity index (χ4n) is 3.39. The monoisotopic (exact) mass is 366 g/mol. The van der Waals surface area contributed by atoms with Crippen LogP contribution in [0.4, 0.5) is 5.69 Å². The number of hydrogen-bond acceptors (Lipinski definition) is 5. The van der Waals surface area contributed by atoms with Gasteiger partial charge in [-0.1, -0.05) is 0 Å². The number of carbonyl (C=O) groups is 1. The van der Waals surface area contributed by atoms with Gasteiger partial charge in [-0.15, -0.1) is 0 Å². The molecule has 0 N–H and O–H groups in total. The van der Waals surface area contributed by atoms with Gasteiger partial charge in [-0.2, -0.15) is 5.10 Å². The van der Waals surface area contributed by atoms with E-state index in [2.05, 4.69) is 15.0 Å². The van der Waals surface area contributed by atoms with E-state index in [0.29, 0.717) is 29.7 Å². The summed E-state index contributed by atoms with van der Waals surface area (Å²) in [6.07, 6.45) is 1.54. The third kappa shape index (κ3) is 3.07. The number of benzene rings is 1. The number of amides is 1. The minimum Gasteiger partial charge on any atom is -0.368 e. The average molecular weight is 366 g/mol. The van der Waals surface area contributed by atoms with Crippen molar-refractivity contribution in [2.45, 2.75) is 6.92 Å². The maximum absolute atomic E-state index is 12.6. The second-order valence-electron chi connectivity index (χ2n) is 6.94. The van der Waals surface area contributed by atoms with Crippen LogP contribution in [0.5, 0.6) is 0 Å². The Morgan fingerprint density at radius 2 is 1.81 bits per heavy atom. The fourth-order valence-corrected chi connectivity index (χ4v) is 3.39. The van der Waals surface area contributed by atoms with Crippen LogP contribution in [0.25, 0.3) is 10.9 Å². The van der Waals surface area contributed by atoms with Crippen molar-refractivity contribution in [1.29, 1.82) is 0 Å². The van der Waals surface area contributed by atoms with E-state index in [-0.39, 0.29) is 11.5 Å². The van der Waals surface area contributed by atoms with E-state index in [1.54, 1.807) is 18.1 Å². The maximum Gasteiger partial charge on any atom is 0.274 e. The van der Waals surface area contributed by atoms with E-state index in [1.165, 1.54) is 4.57 Å². The second-order valence-corrected chi connectivity index (χ2v) is 6.94. The van der Waals surface area contributed by atoms with Gasteiger partial charge >= 0.3 is 0 Å². The first kappa shape index (κ1) is 17.3. The van der Waals surface area contributed by atoms with Crippen molar-refractivity contribution in [2.24, 2.45) is 14.1 Å². The van der Waals surface area contributed by atoms with Crippen molar-refractivity contribution in [2.75, 3.05) is 31.1 Å². The van der Waals surface area contributed by atoms with Crippen LogP contribution in [0, 0.1) is 6.92 Å². The number of rotatable bonds is 2. The molecule has 2 aromatic heterocycles. The van der Waals surface area contributed by atoms with Crippen LogP contribution in [-0.2, 0) is 14.1 Å². The van der Waals surface area contributed by atoms with Gasteiger partial charge in [0, 0.05) is 51.7 Å². The molecule has 1 aliphatic heterocycles. The van der Waals surface area contributed by atoms with Crippen LogP contribution >= 0.6 is 0 Å². The van der Waals surface area contributed by atoms with Gasteiger partial charge in [-0.25, -0.2) is 4.98 Å². The summed E-state index contributed by atoms with van der Waals surface area (Å²) < 4.78 is 3.20. The van der Waals surface area contributed by atoms with Gasteiger partial charge in [-0.3, -0.25) is 14.3 Å². The molecule has 27 heavy (non-hydrogen) atoms. The van der Waals surface area contributed by atoms with E-state index in [1.807, 2.05) is 43.1 Å². The van der Waals surface area contributed by atoms with Crippen molar-refractivity contribution < 1.29 is 4.79 Å². The van der Waals surface area contributed by atoms with Crippen LogP contribution in [0.3, 0.4) is 0 Å². The molecule has 0 bridgehead atoms. The predicted octanol–water partition coefficient (Wildman–Crippen LogP) is 0.938. The molecule has 0 radical (unpaired) electrons. The first-order chi connectivity index (χ1) is 12.9. The number of fused-ring (bicyclic) bond motifs is 1. The third-order valence-electron chi connectivity index (χ3n) is 5.17. The zero-order valence-corrected chi connectivity index (χ0v) is 15.7. The molecule has 1 amide bonds. The Kier molecular flexibility index (Phi) is 4.18. The van der Waals surface area contributed by atoms with Crippen LogP contribution in [0.1, 0.15) is 16.2 Å². The van der Waals surface area contributed by atoms with Gasteiger partial charge in [-0.05, 0) is 31.2 Å². The summed E-state index contributed by atoms with van der Waals surface area (Å²) in [7, 11) is 3.53. The highest BCUT2D eigenvalue weighted by atomic mass is 16.2. The molecule has 8 nitrogen and oxygen atoms in total. The van der Waals surface area contributed by atoms with Crippen molar-refractivity contribution in [3.8, 4) is 0 Å². The number of nitrogens with zero attached hydrogens (tertiary/aromatic N) is 6. The summed E-state index contributed by atoms with van der Waals surface area (Å²) in [6, 6.07) is 7.54. The second kappa shape index (κ2) is 6.53. The minimum atomic E-state index is -0.0485. The van der Waals surface area contributed by atoms with Crippen molar-refractivity contribution in [1.82, 2.24) is 24.2 Å². The van der Waals surface area contributed by atoms with Gasteiger partial charge in [0.05, 0.1) is 17.2 Å². The summed E-state index contributed by atoms with van der Waals surface area (Å²) in [5.41, 5.74) is 3.12. The van der Waals surface area contributed by atoms with Crippen molar-refractivity contribution >= 4 is 22.5 Å². The zero-order valence-electron chi connectivity index (χ0n) is 15.7. The molecule has 0 atom stereocenters. The zero-order chi connectivity index (χ0) is 19.1. The Balaban J connectivity index is 1.49. The van der Waals surface area contributed by atoms with E-state index < -0.39 is 0 Å². The summed E-state index contributed by atoms with van der Waals surface area (Å²) in [5.74, 6) is -0.0259. The van der Waals surface area contributed by atoms with E-state index in [4.69, 9.17) is 0 Å². The van der Waals surface area contributed by atoms with Gasteiger partial charge in [0.2, 0.25) is 0 Å². The standard InChI is InChI=1S/C19H22N6O2/c1-13-10-17(21-23(13)3)19(27)25-8-6-24(7-9-25)14-4-5-15-16(11-14)20-12-22(2)18(15)26/h4-5,10-12H,6-9H2,1-3H3. The van der Waals surface area contributed by atoms with Crippen molar-refractivity contribution in [3.63, 3.8) is 0 Å². The van der Waals surface area contributed by atoms with Crippen LogP contribution in [-0.4, -0.2) is 56.3 Å². The number of carbonyl (C=O) groups excluding carboxylic acids is 1. The summed E-state index contributed by atoms with van der Waals surface area (Å²) >= 11 is 0. The van der Waals surface area contributed by atoms with E-state index in [9.17, 15) is 9.59 Å². The lowest BCUT2D eigenvalue weighted by atomic mass is 10.2. The Bertz CT molecular complexity index is 1060. The maximum atomic E-state index is 12.6. The molecule has 1 saturated heterocycles. The topological polar surface area (TPSA) is 76.3 Å². The largest absolute Gasteiger partial charge is 0.368 e. The first-order valence-corrected chi connectivity index (χ1v) is 8.94. The molecule has 3 heterocycles. The Morgan fingerprint density at radius 1 is 1.07 bits per heavy atom. The molecule has 8 heteroatoms. The Hall–Kier alpha value is -3.16. The molecule has 0 saturated carbocycles. The van der Waals surface area contributed by atoms with Gasteiger partial charge < -0.3 is 14.4 Å². The molecule has 1 aliphatic rings. The normalized spacial score (nSPS) is 14.8. The molecule has 0 spiro atoms. The van der Waals surface area contributed by atoms with Gasteiger partial charge in [0.15, 0.2) is 5.69 Å². The van der Waals surface area contributed by atoms with Gasteiger partial charge in [0.1, 0.15) is 0 Å². The molecule has 1 fully saturated rings. The summed E-state index contributed by atoms with van der Waals surface area (Å²) in [5, 5.41) is 4.90. The fraction of sp³-hybridized carbons (Fsp3) is 0.368. The summed E-state index contributed by atoms with van der Waals surface area (Å²) in [6.45, 7) is 4.66. The number of anilines is 1. The Morgan fingerprint density at radius 3 is 2.48 bits per heavy atom. The SMILES string of the molecule is Cc1cc(C(=O)N2CCN(c3ccc4c(=O)n(C)cnc4c3)CC2)nn1C. The molecule has 3 aromatic rings. The third-order valence-corrected chi connectivity index (χ3v) is 5.17. The van der Waals surface area contributed by atoms with Gasteiger partial charge in [0.25, 0.3) is 11.5 Å². The minimum absolute atomic E-state index is 0.0259. The molecular weight excluding hydrogens is 344 g/mol. The molecule has 140 valence electrons. The van der Waals surface area contributed by atoms with Crippen LogP contribution in [0.2, 0.25) is 0 Å². The van der Waals surface area contributed by atoms with Crippen LogP contribution in [0.15, 0.2) is 35.4 Å². The number of piperazine rings is 1. The highest BCUT2D eigenvalue weighted by molar-refractivity contribution is 5.92. The molecule has 0 unspecified atom stereocenters. The molecule has 4 rings (SSSR count). The lowest BCUT2D eigenvalue weighted by molar-refractivity contribution is 0.0740. The number of aromatic nitrogens is 4. The lowest BCUT2D eigenvalue weighted by Crippen LogP contribution is -2.49. The lowest BCUT2D eigenvalue weighted by Gasteiger charge is -2.35. The quantitative estimate of drug-likeness (QED) is 0.675. The predicted molar refractivity (Wildman–Crippen MR) is 103 cm³/mol. The Labute approximate surface area is 156 Å². The van der Waals surface area contributed by atoms with Crippen molar-refractivity contribution in [3.05, 3.63) is 52.3 Å². The summed E-state index contributed by atoms with van der Waals surface area (Å²) in [4.78, 5) is 33.2. The number of hydrogen-bond donors (Lipinski definition) is 0. The van der Waals surface area contributed by atoms with Crippen LogP contribution < -0.4 is 10.5 Å². The highest BCUT2D eigenvalue weighted by Crippen LogP contribution is 2.21. The molecule has 0 aliphatic carbocycles. The first-order valence-electron chi connectivity index (χ1n) is 8.94. The highest BCUT2D eigenvalue weighted by Gasteiger charge is 2.24. The molecular formula is C19H22N6O2. The van der Waals surface area contributed by atoms with E-state index in [0.717, 1.165) is 24.5 Å². The van der Waals surface area contributed by atoms with E-state index >= 15 is 0 Å². The smallest absolute Gasteiger partial charge is 0.274 e.